The third-order valence-electron chi connectivity index (χ3n) is 2.89. The van der Waals surface area contributed by atoms with Gasteiger partial charge in [-0.3, -0.25) is 5.10 Å². The molecule has 5 heteroatoms. The molecule has 0 spiro atoms. The second-order valence-corrected chi connectivity index (χ2v) is 4.80. The highest BCUT2D eigenvalue weighted by Crippen LogP contribution is 2.17. The van der Waals surface area contributed by atoms with Crippen LogP contribution in [0.5, 0.6) is 0 Å². The van der Waals surface area contributed by atoms with Crippen molar-refractivity contribution in [2.24, 2.45) is 0 Å². The van der Waals surface area contributed by atoms with E-state index in [1.807, 2.05) is 48.5 Å². The van der Waals surface area contributed by atoms with Crippen LogP contribution in [0.3, 0.4) is 0 Å². The first-order valence-corrected chi connectivity index (χ1v) is 6.64. The van der Waals surface area contributed by atoms with Crippen LogP contribution in [0.1, 0.15) is 5.56 Å². The molecular formula is C15H13ClN4. The lowest BCUT2D eigenvalue weighted by atomic mass is 10.2. The number of pyridine rings is 1. The van der Waals surface area contributed by atoms with Crippen LogP contribution >= 0.6 is 11.6 Å². The highest BCUT2D eigenvalue weighted by molar-refractivity contribution is 6.30. The molecule has 0 saturated carbocycles. The Labute approximate surface area is 121 Å². The average Bonchev–Trinajstić information content (AvgIpc) is 3.00. The number of hydrogen-bond acceptors (Lipinski definition) is 3. The van der Waals surface area contributed by atoms with E-state index in [2.05, 4.69) is 20.5 Å². The topological polar surface area (TPSA) is 53.6 Å². The lowest BCUT2D eigenvalue weighted by Crippen LogP contribution is -2.01. The van der Waals surface area contributed by atoms with E-state index in [1.54, 1.807) is 6.20 Å². The fourth-order valence-corrected chi connectivity index (χ4v) is 2.13. The summed E-state index contributed by atoms with van der Waals surface area (Å²) in [6.07, 6.45) is 1.71. The maximum atomic E-state index is 5.96. The van der Waals surface area contributed by atoms with Crippen molar-refractivity contribution in [1.29, 1.82) is 0 Å². The van der Waals surface area contributed by atoms with Crippen LogP contribution < -0.4 is 5.32 Å². The third kappa shape index (κ3) is 2.97. The summed E-state index contributed by atoms with van der Waals surface area (Å²) in [5, 5.41) is 10.9. The van der Waals surface area contributed by atoms with E-state index in [1.165, 1.54) is 0 Å². The summed E-state index contributed by atoms with van der Waals surface area (Å²) < 4.78 is 0. The highest BCUT2D eigenvalue weighted by Gasteiger charge is 2.02. The Balaban J connectivity index is 1.73. The molecule has 0 aliphatic rings. The number of aromatic amines is 1. The molecule has 0 bridgehead atoms. The summed E-state index contributed by atoms with van der Waals surface area (Å²) in [6, 6.07) is 15.5. The van der Waals surface area contributed by atoms with E-state index in [9.17, 15) is 0 Å². The summed E-state index contributed by atoms with van der Waals surface area (Å²) in [5.41, 5.74) is 2.88. The number of rotatable bonds is 4. The van der Waals surface area contributed by atoms with Gasteiger partial charge in [0.05, 0.1) is 11.4 Å². The Morgan fingerprint density at radius 1 is 1.10 bits per heavy atom. The highest BCUT2D eigenvalue weighted by atomic mass is 35.5. The molecule has 0 saturated heterocycles. The molecule has 0 unspecified atom stereocenters. The second-order valence-electron chi connectivity index (χ2n) is 4.36. The molecule has 0 fully saturated rings. The minimum absolute atomic E-state index is 0.681. The number of halogens is 1. The predicted octanol–water partition coefficient (Wildman–Crippen LogP) is 3.74. The van der Waals surface area contributed by atoms with Crippen LogP contribution in [0, 0.1) is 0 Å². The largest absolute Gasteiger partial charge is 0.366 e. The van der Waals surface area contributed by atoms with Crippen molar-refractivity contribution in [1.82, 2.24) is 15.2 Å². The zero-order chi connectivity index (χ0) is 13.8. The Kier molecular flexibility index (Phi) is 3.65. The second kappa shape index (κ2) is 5.75. The van der Waals surface area contributed by atoms with Gasteiger partial charge in [0.1, 0.15) is 5.82 Å². The van der Waals surface area contributed by atoms with E-state index >= 15 is 0 Å². The van der Waals surface area contributed by atoms with E-state index in [-0.39, 0.29) is 0 Å². The van der Waals surface area contributed by atoms with Crippen molar-refractivity contribution in [3.05, 3.63) is 65.3 Å². The first-order chi connectivity index (χ1) is 9.81. The predicted molar refractivity (Wildman–Crippen MR) is 80.6 cm³/mol. The van der Waals surface area contributed by atoms with Crippen molar-refractivity contribution < 1.29 is 0 Å². The van der Waals surface area contributed by atoms with Gasteiger partial charge in [0, 0.05) is 17.8 Å². The molecule has 1 aromatic carbocycles. The van der Waals surface area contributed by atoms with Crippen LogP contribution in [-0.2, 0) is 6.54 Å². The quantitative estimate of drug-likeness (QED) is 0.767. The zero-order valence-corrected chi connectivity index (χ0v) is 11.4. The van der Waals surface area contributed by atoms with Gasteiger partial charge in [-0.1, -0.05) is 29.8 Å². The van der Waals surface area contributed by atoms with E-state index < -0.39 is 0 Å². The third-order valence-corrected chi connectivity index (χ3v) is 3.12. The molecule has 2 N–H and O–H groups in total. The smallest absolute Gasteiger partial charge is 0.126 e. The van der Waals surface area contributed by atoms with Crippen molar-refractivity contribution in [2.45, 2.75) is 6.54 Å². The Bertz CT molecular complexity index is 695. The number of nitrogens with one attached hydrogen (secondary N) is 2. The van der Waals surface area contributed by atoms with Crippen molar-refractivity contribution >= 4 is 17.4 Å². The van der Waals surface area contributed by atoms with Crippen LogP contribution in [0.15, 0.2) is 54.7 Å². The number of aromatic nitrogens is 3. The van der Waals surface area contributed by atoms with Crippen molar-refractivity contribution in [2.75, 3.05) is 5.32 Å². The normalized spacial score (nSPS) is 10.4. The van der Waals surface area contributed by atoms with Gasteiger partial charge >= 0.3 is 0 Å². The first-order valence-electron chi connectivity index (χ1n) is 6.26. The van der Waals surface area contributed by atoms with E-state index in [4.69, 9.17) is 11.6 Å². The maximum absolute atomic E-state index is 5.96. The molecule has 2 aromatic heterocycles. The molecule has 2 heterocycles. The van der Waals surface area contributed by atoms with E-state index in [0.717, 1.165) is 27.8 Å². The van der Waals surface area contributed by atoms with Gasteiger partial charge in [-0.15, -0.1) is 0 Å². The lowest BCUT2D eigenvalue weighted by Gasteiger charge is -2.07. The standard InChI is InChI=1S/C15H13ClN4/c16-12-4-1-3-11(9-12)10-17-15-6-2-5-13(19-15)14-7-8-18-20-14/h1-9H,10H2,(H,17,19)(H,18,20). The molecule has 0 aliphatic heterocycles. The van der Waals surface area contributed by atoms with Gasteiger partial charge in [-0.05, 0) is 35.9 Å². The van der Waals surface area contributed by atoms with Crippen LogP contribution in [0.2, 0.25) is 5.02 Å². The van der Waals surface area contributed by atoms with Crippen LogP contribution in [0.25, 0.3) is 11.4 Å². The van der Waals surface area contributed by atoms with Gasteiger partial charge < -0.3 is 5.32 Å². The van der Waals surface area contributed by atoms with Crippen molar-refractivity contribution in [3.63, 3.8) is 0 Å². The molecule has 3 aromatic rings. The molecule has 20 heavy (non-hydrogen) atoms. The zero-order valence-electron chi connectivity index (χ0n) is 10.7. The van der Waals surface area contributed by atoms with Gasteiger partial charge in [0.15, 0.2) is 0 Å². The van der Waals surface area contributed by atoms with Gasteiger partial charge in [-0.25, -0.2) is 4.98 Å². The average molecular weight is 285 g/mol. The summed E-state index contributed by atoms with van der Waals surface area (Å²) in [5.74, 6) is 0.817. The van der Waals surface area contributed by atoms with E-state index in [0.29, 0.717) is 6.54 Å². The SMILES string of the molecule is Clc1cccc(CNc2cccc(-c3ccn[nH]3)n2)c1. The minimum atomic E-state index is 0.681. The van der Waals surface area contributed by atoms with Gasteiger partial charge in [0.25, 0.3) is 0 Å². The molecule has 3 rings (SSSR count). The fraction of sp³-hybridized carbons (Fsp3) is 0.0667. The lowest BCUT2D eigenvalue weighted by molar-refractivity contribution is 1.08. The minimum Gasteiger partial charge on any atom is -0.366 e. The number of hydrogen-bond donors (Lipinski definition) is 2. The summed E-state index contributed by atoms with van der Waals surface area (Å²) in [6.45, 7) is 0.681. The van der Waals surface area contributed by atoms with Gasteiger partial charge in [0.2, 0.25) is 0 Å². The number of H-pyrrole nitrogens is 1. The number of benzene rings is 1. The van der Waals surface area contributed by atoms with Crippen LogP contribution in [-0.4, -0.2) is 15.2 Å². The summed E-state index contributed by atoms with van der Waals surface area (Å²) in [4.78, 5) is 4.54. The maximum Gasteiger partial charge on any atom is 0.126 e. The van der Waals surface area contributed by atoms with Crippen molar-refractivity contribution in [3.8, 4) is 11.4 Å². The van der Waals surface area contributed by atoms with Gasteiger partial charge in [-0.2, -0.15) is 5.10 Å². The van der Waals surface area contributed by atoms with Crippen LogP contribution in [0.4, 0.5) is 5.82 Å². The Hall–Kier alpha value is -2.33. The number of nitrogens with zero attached hydrogens (tertiary/aromatic N) is 2. The molecule has 0 aliphatic carbocycles. The summed E-state index contributed by atoms with van der Waals surface area (Å²) in [7, 11) is 0. The fourth-order valence-electron chi connectivity index (χ4n) is 1.92. The Morgan fingerprint density at radius 3 is 2.80 bits per heavy atom. The Morgan fingerprint density at radius 2 is 2.00 bits per heavy atom. The summed E-state index contributed by atoms with van der Waals surface area (Å²) >= 11 is 5.96. The first kappa shape index (κ1) is 12.7. The molecular weight excluding hydrogens is 272 g/mol. The molecule has 0 amide bonds. The molecule has 0 atom stereocenters. The molecule has 4 nitrogen and oxygen atoms in total. The number of anilines is 1. The molecule has 100 valence electrons. The molecule has 0 radical (unpaired) electrons. The monoisotopic (exact) mass is 284 g/mol.